The minimum Gasteiger partial charge on any atom is -0.317 e. The fourth-order valence-electron chi connectivity index (χ4n) is 1.35. The van der Waals surface area contributed by atoms with E-state index in [9.17, 15) is 0 Å². The van der Waals surface area contributed by atoms with E-state index < -0.39 is 0 Å². The van der Waals surface area contributed by atoms with Crippen LogP contribution >= 0.6 is 0 Å². The summed E-state index contributed by atoms with van der Waals surface area (Å²) in [6, 6.07) is 0. The third-order valence-corrected chi connectivity index (χ3v) is 1.94. The van der Waals surface area contributed by atoms with E-state index in [-0.39, 0.29) is 0 Å². The Hall–Kier alpha value is -0.300. The molecule has 1 N–H and O–H groups in total. The van der Waals surface area contributed by atoms with Crippen LogP contribution in [0.25, 0.3) is 0 Å². The zero-order chi connectivity index (χ0) is 9.40. The van der Waals surface area contributed by atoms with Crippen molar-refractivity contribution in [2.45, 2.75) is 40.0 Å². The molecule has 12 heavy (non-hydrogen) atoms. The molecule has 72 valence electrons. The lowest BCUT2D eigenvalue weighted by atomic mass is 10.00. The second kappa shape index (κ2) is 7.35. The molecule has 0 aromatic rings. The van der Waals surface area contributed by atoms with Crippen LogP contribution in [0.3, 0.4) is 0 Å². The maximum atomic E-state index is 3.92. The molecule has 0 radical (unpaired) electrons. The first-order valence-electron chi connectivity index (χ1n) is 5.02. The molecule has 0 amide bonds. The van der Waals surface area contributed by atoms with Crippen molar-refractivity contribution in [2.24, 2.45) is 5.92 Å². The maximum absolute atomic E-state index is 3.92. The van der Waals surface area contributed by atoms with Gasteiger partial charge >= 0.3 is 0 Å². The van der Waals surface area contributed by atoms with Crippen molar-refractivity contribution < 1.29 is 0 Å². The van der Waals surface area contributed by atoms with Crippen molar-refractivity contribution in [2.75, 3.05) is 13.1 Å². The Kier molecular flexibility index (Phi) is 7.17. The highest BCUT2D eigenvalue weighted by atomic mass is 14.8. The van der Waals surface area contributed by atoms with Gasteiger partial charge in [0.1, 0.15) is 0 Å². The summed E-state index contributed by atoms with van der Waals surface area (Å²) in [7, 11) is 0. The van der Waals surface area contributed by atoms with Crippen LogP contribution in [0, 0.1) is 5.92 Å². The molecule has 0 heterocycles. The topological polar surface area (TPSA) is 12.0 Å². The molecule has 0 aliphatic heterocycles. The lowest BCUT2D eigenvalue weighted by Gasteiger charge is -2.11. The van der Waals surface area contributed by atoms with Gasteiger partial charge in [-0.3, -0.25) is 0 Å². The Labute approximate surface area is 77.2 Å². The van der Waals surface area contributed by atoms with Gasteiger partial charge in [-0.1, -0.05) is 19.4 Å². The highest BCUT2D eigenvalue weighted by Gasteiger charge is 2.00. The minimum atomic E-state index is 0.784. The van der Waals surface area contributed by atoms with Crippen molar-refractivity contribution >= 4 is 0 Å². The van der Waals surface area contributed by atoms with Gasteiger partial charge in [0.05, 0.1) is 0 Å². The van der Waals surface area contributed by atoms with Gasteiger partial charge in [0, 0.05) is 0 Å². The van der Waals surface area contributed by atoms with Gasteiger partial charge in [0.15, 0.2) is 0 Å². The van der Waals surface area contributed by atoms with Gasteiger partial charge in [-0.25, -0.2) is 0 Å². The molecule has 0 saturated carbocycles. The van der Waals surface area contributed by atoms with Crippen LogP contribution in [0.1, 0.15) is 40.0 Å². The fraction of sp³-hybridized carbons (Fsp3) is 0.818. The van der Waals surface area contributed by atoms with E-state index in [0.29, 0.717) is 0 Å². The van der Waals surface area contributed by atoms with E-state index in [1.807, 2.05) is 0 Å². The third kappa shape index (κ3) is 7.80. The molecule has 0 aromatic heterocycles. The quantitative estimate of drug-likeness (QED) is 0.456. The van der Waals surface area contributed by atoms with Gasteiger partial charge in [-0.15, -0.1) is 6.58 Å². The average Bonchev–Trinajstić information content (AvgIpc) is 1.97. The zero-order valence-electron chi connectivity index (χ0n) is 8.82. The smallest absolute Gasteiger partial charge is 0.00463 e. The van der Waals surface area contributed by atoms with Crippen LogP contribution in [0.15, 0.2) is 12.2 Å². The van der Waals surface area contributed by atoms with E-state index in [1.54, 1.807) is 0 Å². The van der Waals surface area contributed by atoms with Gasteiger partial charge < -0.3 is 5.32 Å². The largest absolute Gasteiger partial charge is 0.317 e. The summed E-state index contributed by atoms with van der Waals surface area (Å²) < 4.78 is 0. The predicted octanol–water partition coefficient (Wildman–Crippen LogP) is 2.98. The first-order chi connectivity index (χ1) is 5.66. The van der Waals surface area contributed by atoms with E-state index >= 15 is 0 Å². The predicted molar refractivity (Wildman–Crippen MR) is 56.4 cm³/mol. The Bertz CT molecular complexity index is 118. The number of nitrogens with one attached hydrogen (secondary N) is 1. The summed E-state index contributed by atoms with van der Waals surface area (Å²) in [6.07, 6.45) is 3.68. The van der Waals surface area contributed by atoms with E-state index in [2.05, 4.69) is 32.7 Å². The molecule has 0 spiro atoms. The molecule has 0 fully saturated rings. The van der Waals surface area contributed by atoms with Crippen molar-refractivity contribution in [1.29, 1.82) is 0 Å². The Balaban J connectivity index is 3.19. The molecule has 1 unspecified atom stereocenters. The molecule has 1 nitrogen and oxygen atoms in total. The van der Waals surface area contributed by atoms with Crippen molar-refractivity contribution in [3.05, 3.63) is 12.2 Å². The molecule has 0 bridgehead atoms. The summed E-state index contributed by atoms with van der Waals surface area (Å²) in [6.45, 7) is 12.8. The van der Waals surface area contributed by atoms with Crippen LogP contribution in [0.4, 0.5) is 0 Å². The third-order valence-electron chi connectivity index (χ3n) is 1.94. The number of hydrogen-bond donors (Lipinski definition) is 1. The minimum absolute atomic E-state index is 0.784. The first-order valence-corrected chi connectivity index (χ1v) is 5.02. The molecule has 1 heteroatoms. The molecule has 0 rings (SSSR count). The molecule has 0 saturated heterocycles. The maximum Gasteiger partial charge on any atom is -0.00463 e. The molecular formula is C11H23N. The normalized spacial score (nSPS) is 12.9. The second-order valence-corrected chi connectivity index (χ2v) is 3.81. The molecule has 0 aliphatic rings. The Morgan fingerprint density at radius 3 is 2.58 bits per heavy atom. The summed E-state index contributed by atoms with van der Waals surface area (Å²) in [5.41, 5.74) is 1.30. The highest BCUT2D eigenvalue weighted by Crippen LogP contribution is 2.11. The lowest BCUT2D eigenvalue weighted by molar-refractivity contribution is 0.497. The first kappa shape index (κ1) is 11.7. The number of hydrogen-bond acceptors (Lipinski definition) is 1. The van der Waals surface area contributed by atoms with Gasteiger partial charge in [0.25, 0.3) is 0 Å². The van der Waals surface area contributed by atoms with Gasteiger partial charge in [-0.05, 0) is 45.2 Å². The van der Waals surface area contributed by atoms with Crippen LogP contribution < -0.4 is 5.32 Å². The van der Waals surface area contributed by atoms with Crippen molar-refractivity contribution in [3.8, 4) is 0 Å². The summed E-state index contributed by atoms with van der Waals surface area (Å²) in [4.78, 5) is 0. The second-order valence-electron chi connectivity index (χ2n) is 3.81. The fourth-order valence-corrected chi connectivity index (χ4v) is 1.35. The summed E-state index contributed by atoms with van der Waals surface area (Å²) in [5, 5.41) is 3.41. The summed E-state index contributed by atoms with van der Waals surface area (Å²) >= 11 is 0. The molecule has 1 atom stereocenters. The zero-order valence-corrected chi connectivity index (χ0v) is 8.82. The van der Waals surface area contributed by atoms with Crippen molar-refractivity contribution in [3.63, 3.8) is 0 Å². The SMILES string of the molecule is C=C(C)CC(C)CCNCCC. The number of allylic oxidation sites excluding steroid dienone is 1. The van der Waals surface area contributed by atoms with Crippen LogP contribution in [0.5, 0.6) is 0 Å². The van der Waals surface area contributed by atoms with Crippen LogP contribution in [-0.4, -0.2) is 13.1 Å². The molecular weight excluding hydrogens is 146 g/mol. The van der Waals surface area contributed by atoms with Crippen LogP contribution in [-0.2, 0) is 0 Å². The monoisotopic (exact) mass is 169 g/mol. The summed E-state index contributed by atoms with van der Waals surface area (Å²) in [5.74, 6) is 0.784. The Morgan fingerprint density at radius 1 is 1.42 bits per heavy atom. The molecule has 0 aliphatic carbocycles. The van der Waals surface area contributed by atoms with Gasteiger partial charge in [-0.2, -0.15) is 0 Å². The Morgan fingerprint density at radius 2 is 2.08 bits per heavy atom. The lowest BCUT2D eigenvalue weighted by Crippen LogP contribution is -2.18. The standard InChI is InChI=1S/C11H23N/c1-5-7-12-8-6-11(4)9-10(2)3/h11-12H,2,5-9H2,1,3-4H3. The van der Waals surface area contributed by atoms with Gasteiger partial charge in [0.2, 0.25) is 0 Å². The van der Waals surface area contributed by atoms with Crippen molar-refractivity contribution in [1.82, 2.24) is 5.32 Å². The number of rotatable bonds is 7. The average molecular weight is 169 g/mol. The highest BCUT2D eigenvalue weighted by molar-refractivity contribution is 4.89. The molecule has 0 aromatic carbocycles. The van der Waals surface area contributed by atoms with E-state index in [1.165, 1.54) is 24.8 Å². The van der Waals surface area contributed by atoms with Crippen LogP contribution in [0.2, 0.25) is 0 Å². The van der Waals surface area contributed by atoms with E-state index in [4.69, 9.17) is 0 Å². The van der Waals surface area contributed by atoms with E-state index in [0.717, 1.165) is 19.0 Å².